The molecule has 1 aromatic carbocycles. The van der Waals surface area contributed by atoms with E-state index in [-0.39, 0.29) is 0 Å². The van der Waals surface area contributed by atoms with Crippen molar-refractivity contribution in [2.24, 2.45) is 5.92 Å². The Bertz CT molecular complexity index is 1070. The van der Waals surface area contributed by atoms with Gasteiger partial charge in [-0.15, -0.1) is 11.3 Å². The zero-order valence-electron chi connectivity index (χ0n) is 17.1. The van der Waals surface area contributed by atoms with Crippen LogP contribution in [0.3, 0.4) is 0 Å². The second-order valence-corrected chi connectivity index (χ2v) is 9.39. The van der Waals surface area contributed by atoms with E-state index in [0.29, 0.717) is 23.1 Å². The first-order valence-electron chi connectivity index (χ1n) is 10.6. The van der Waals surface area contributed by atoms with Crippen LogP contribution in [0.2, 0.25) is 0 Å². The number of fused-ring (bicyclic) bond motifs is 3. The number of quaternary nitrogens is 1. The third-order valence-corrected chi connectivity index (χ3v) is 7.13. The van der Waals surface area contributed by atoms with E-state index < -0.39 is 0 Å². The summed E-state index contributed by atoms with van der Waals surface area (Å²) < 4.78 is 11.8. The standard InChI is InChI=1S/C23H25N3O3S/c1-15-5-6-18-19(11-15)30-23-21(18)22(29-17-4-2-3-16(12-17)14-27)24-20(25-23)13-26-7-9-28-10-8-26/h2-4,12,14-15H,5-11,13H2,1H3/p+1/t15-/m0/s1. The quantitative estimate of drug-likeness (QED) is 0.638. The number of aryl methyl sites for hydroxylation is 1. The number of morpholine rings is 1. The van der Waals surface area contributed by atoms with Gasteiger partial charge in [0.25, 0.3) is 0 Å². The highest BCUT2D eigenvalue weighted by atomic mass is 32.1. The Morgan fingerprint density at radius 2 is 2.17 bits per heavy atom. The smallest absolute Gasteiger partial charge is 0.231 e. The lowest BCUT2D eigenvalue weighted by molar-refractivity contribution is -0.922. The van der Waals surface area contributed by atoms with Crippen molar-refractivity contribution in [3.05, 3.63) is 46.1 Å². The molecule has 0 bridgehead atoms. The molecule has 0 unspecified atom stereocenters. The van der Waals surface area contributed by atoms with Crippen LogP contribution in [0.4, 0.5) is 0 Å². The van der Waals surface area contributed by atoms with Crippen LogP contribution in [-0.2, 0) is 24.1 Å². The topological polar surface area (TPSA) is 65.8 Å². The normalized spacial score (nSPS) is 19.6. The van der Waals surface area contributed by atoms with Crippen molar-refractivity contribution in [3.63, 3.8) is 0 Å². The van der Waals surface area contributed by atoms with Gasteiger partial charge in [0.1, 0.15) is 36.5 Å². The highest BCUT2D eigenvalue weighted by Gasteiger charge is 2.26. The summed E-state index contributed by atoms with van der Waals surface area (Å²) >= 11 is 1.79. The van der Waals surface area contributed by atoms with E-state index in [4.69, 9.17) is 19.4 Å². The molecule has 156 valence electrons. The lowest BCUT2D eigenvalue weighted by Gasteiger charge is -2.23. The summed E-state index contributed by atoms with van der Waals surface area (Å²) in [5.41, 5.74) is 1.94. The highest BCUT2D eigenvalue weighted by Crippen LogP contribution is 2.41. The average Bonchev–Trinajstić information content (AvgIpc) is 3.12. The molecule has 5 rings (SSSR count). The van der Waals surface area contributed by atoms with Crippen molar-refractivity contribution in [2.75, 3.05) is 26.3 Å². The Hall–Kier alpha value is -2.35. The van der Waals surface area contributed by atoms with E-state index in [1.807, 2.05) is 12.1 Å². The van der Waals surface area contributed by atoms with Gasteiger partial charge in [-0.05, 0) is 42.9 Å². The van der Waals surface area contributed by atoms with Crippen LogP contribution >= 0.6 is 11.3 Å². The van der Waals surface area contributed by atoms with E-state index in [9.17, 15) is 4.79 Å². The molecule has 0 amide bonds. The van der Waals surface area contributed by atoms with Crippen LogP contribution in [0.1, 0.15) is 40.0 Å². The minimum Gasteiger partial charge on any atom is -0.438 e. The Morgan fingerprint density at radius 1 is 1.30 bits per heavy atom. The van der Waals surface area contributed by atoms with E-state index in [1.165, 1.54) is 21.8 Å². The molecule has 2 aromatic heterocycles. The van der Waals surface area contributed by atoms with Crippen molar-refractivity contribution >= 4 is 27.8 Å². The van der Waals surface area contributed by atoms with Gasteiger partial charge in [0.2, 0.25) is 5.88 Å². The fraction of sp³-hybridized carbons (Fsp3) is 0.435. The average molecular weight is 425 g/mol. The molecule has 1 aliphatic heterocycles. The lowest BCUT2D eigenvalue weighted by atomic mass is 9.89. The minimum absolute atomic E-state index is 0.594. The van der Waals surface area contributed by atoms with E-state index in [2.05, 4.69) is 6.92 Å². The SMILES string of the molecule is C[C@H]1CCc2c(sc3nc(C[NH+]4CCOCC4)nc(Oc4cccc(C=O)c4)c23)C1. The summed E-state index contributed by atoms with van der Waals surface area (Å²) in [6.45, 7) is 6.58. The Balaban J connectivity index is 1.56. The summed E-state index contributed by atoms with van der Waals surface area (Å²) in [6.07, 6.45) is 4.15. The molecule has 1 aliphatic carbocycles. The summed E-state index contributed by atoms with van der Waals surface area (Å²) in [6, 6.07) is 7.24. The second-order valence-electron chi connectivity index (χ2n) is 8.31. The maximum Gasteiger partial charge on any atom is 0.231 e. The van der Waals surface area contributed by atoms with Gasteiger partial charge in [0, 0.05) is 10.4 Å². The largest absolute Gasteiger partial charge is 0.438 e. The van der Waals surface area contributed by atoms with Gasteiger partial charge >= 0.3 is 0 Å². The van der Waals surface area contributed by atoms with Crippen molar-refractivity contribution in [2.45, 2.75) is 32.7 Å². The molecule has 1 saturated heterocycles. The van der Waals surface area contributed by atoms with Crippen LogP contribution in [0.15, 0.2) is 24.3 Å². The van der Waals surface area contributed by atoms with E-state index in [1.54, 1.807) is 23.5 Å². The monoisotopic (exact) mass is 424 g/mol. The molecule has 6 nitrogen and oxygen atoms in total. The first-order valence-corrected chi connectivity index (χ1v) is 11.5. The number of ether oxygens (including phenoxy) is 2. The Kier molecular flexibility index (Phi) is 5.50. The number of rotatable bonds is 5. The van der Waals surface area contributed by atoms with Crippen molar-refractivity contribution < 1.29 is 19.2 Å². The fourth-order valence-corrected chi connectivity index (χ4v) is 5.72. The number of thiophene rings is 1. The lowest BCUT2D eigenvalue weighted by Crippen LogP contribution is -3.12. The van der Waals surface area contributed by atoms with Crippen LogP contribution in [-0.4, -0.2) is 42.6 Å². The molecule has 3 heterocycles. The van der Waals surface area contributed by atoms with Gasteiger partial charge in [-0.2, -0.15) is 4.98 Å². The van der Waals surface area contributed by atoms with Crippen molar-refractivity contribution in [1.82, 2.24) is 9.97 Å². The molecule has 7 heteroatoms. The number of nitrogens with zero attached hydrogens (tertiary/aromatic N) is 2. The number of hydrogen-bond donors (Lipinski definition) is 1. The zero-order valence-corrected chi connectivity index (χ0v) is 18.0. The number of hydrogen-bond acceptors (Lipinski definition) is 6. The predicted octanol–water partition coefficient (Wildman–Crippen LogP) is 2.84. The van der Waals surface area contributed by atoms with E-state index in [0.717, 1.165) is 68.0 Å². The molecule has 2 aliphatic rings. The van der Waals surface area contributed by atoms with Gasteiger partial charge < -0.3 is 14.4 Å². The maximum absolute atomic E-state index is 11.2. The van der Waals surface area contributed by atoms with Gasteiger partial charge in [-0.25, -0.2) is 4.98 Å². The first kappa shape index (κ1) is 19.6. The van der Waals surface area contributed by atoms with Crippen LogP contribution in [0, 0.1) is 5.92 Å². The third-order valence-electron chi connectivity index (χ3n) is 5.98. The van der Waals surface area contributed by atoms with Crippen molar-refractivity contribution in [3.8, 4) is 11.6 Å². The first-order chi connectivity index (χ1) is 14.7. The van der Waals surface area contributed by atoms with Crippen LogP contribution < -0.4 is 9.64 Å². The molecule has 3 aromatic rings. The highest BCUT2D eigenvalue weighted by molar-refractivity contribution is 7.18. The zero-order chi connectivity index (χ0) is 20.5. The van der Waals surface area contributed by atoms with Gasteiger partial charge in [0.15, 0.2) is 5.82 Å². The number of carbonyl (C=O) groups excluding carboxylic acids is 1. The molecule has 30 heavy (non-hydrogen) atoms. The molecule has 0 radical (unpaired) electrons. The molecule has 1 N–H and O–H groups in total. The number of benzene rings is 1. The van der Waals surface area contributed by atoms with Crippen LogP contribution in [0.25, 0.3) is 10.2 Å². The van der Waals surface area contributed by atoms with E-state index >= 15 is 0 Å². The molecule has 0 spiro atoms. The second kappa shape index (κ2) is 8.41. The molecule has 1 atom stereocenters. The number of carbonyl (C=O) groups is 1. The molecule has 1 fully saturated rings. The molecular weight excluding hydrogens is 398 g/mol. The summed E-state index contributed by atoms with van der Waals surface area (Å²) in [5.74, 6) is 2.77. The summed E-state index contributed by atoms with van der Waals surface area (Å²) in [5, 5.41) is 1.05. The van der Waals surface area contributed by atoms with Gasteiger partial charge in [-0.1, -0.05) is 19.1 Å². The van der Waals surface area contributed by atoms with Crippen LogP contribution in [0.5, 0.6) is 11.6 Å². The fourth-order valence-electron chi connectivity index (χ4n) is 4.33. The minimum atomic E-state index is 0.594. The number of aromatic nitrogens is 2. The maximum atomic E-state index is 11.2. The molecule has 0 saturated carbocycles. The Labute approximate surface area is 179 Å². The van der Waals surface area contributed by atoms with Gasteiger partial charge in [0.05, 0.1) is 18.6 Å². The van der Waals surface area contributed by atoms with Crippen molar-refractivity contribution in [1.29, 1.82) is 0 Å². The number of nitrogens with one attached hydrogen (secondary N) is 1. The Morgan fingerprint density at radius 3 is 3.00 bits per heavy atom. The van der Waals surface area contributed by atoms with Gasteiger partial charge in [-0.3, -0.25) is 4.79 Å². The third kappa shape index (κ3) is 3.97. The summed E-state index contributed by atoms with van der Waals surface area (Å²) in [7, 11) is 0. The summed E-state index contributed by atoms with van der Waals surface area (Å²) in [4.78, 5) is 24.9. The predicted molar refractivity (Wildman–Crippen MR) is 116 cm³/mol. The number of aldehydes is 1. The molecular formula is C23H26N3O3S+.